The Bertz CT molecular complexity index is 1070. The molecule has 5 heteroatoms. The molecule has 2 aromatic carbocycles. The first-order chi connectivity index (χ1) is 13.4. The second-order valence-corrected chi connectivity index (χ2v) is 7.76. The van der Waals surface area contributed by atoms with Crippen molar-refractivity contribution >= 4 is 33.1 Å². The van der Waals surface area contributed by atoms with Gasteiger partial charge in [0.1, 0.15) is 28.5 Å². The average Bonchev–Trinajstić information content (AvgIpc) is 3.10. The number of fused-ring (bicyclic) bond motifs is 3. The summed E-state index contributed by atoms with van der Waals surface area (Å²) >= 11 is 1.82. The quantitative estimate of drug-likeness (QED) is 0.469. The third-order valence-electron chi connectivity index (χ3n) is 4.85. The van der Waals surface area contributed by atoms with E-state index in [1.165, 1.54) is 35.1 Å². The third-order valence-corrected chi connectivity index (χ3v) is 6.05. The SMILES string of the molecule is c1ccc(Oc2ccc(Nc3ncnc4sc5c(c34)CCCC5)cc2)cc1. The Kier molecular flexibility index (Phi) is 4.22. The average molecular weight is 373 g/mol. The molecule has 2 heterocycles. The lowest BCUT2D eigenvalue weighted by Gasteiger charge is -2.13. The van der Waals surface area contributed by atoms with Crippen LogP contribution in [0.15, 0.2) is 60.9 Å². The van der Waals surface area contributed by atoms with Crippen LogP contribution in [0.2, 0.25) is 0 Å². The number of hydrogen-bond donors (Lipinski definition) is 1. The van der Waals surface area contributed by atoms with Gasteiger partial charge in [0.15, 0.2) is 0 Å². The molecular weight excluding hydrogens is 354 g/mol. The minimum Gasteiger partial charge on any atom is -0.457 e. The predicted octanol–water partition coefficient (Wildman–Crippen LogP) is 6.11. The first-order valence-electron chi connectivity index (χ1n) is 9.22. The number of aryl methyl sites for hydroxylation is 2. The molecular formula is C22H19N3OS. The monoisotopic (exact) mass is 373 g/mol. The lowest BCUT2D eigenvalue weighted by molar-refractivity contribution is 0.483. The van der Waals surface area contributed by atoms with Crippen molar-refractivity contribution in [3.63, 3.8) is 0 Å². The van der Waals surface area contributed by atoms with Gasteiger partial charge in [0, 0.05) is 10.6 Å². The maximum Gasteiger partial charge on any atom is 0.142 e. The number of aromatic nitrogens is 2. The number of benzene rings is 2. The molecule has 0 spiro atoms. The molecule has 0 fully saturated rings. The summed E-state index contributed by atoms with van der Waals surface area (Å²) in [5, 5.41) is 4.67. The smallest absolute Gasteiger partial charge is 0.142 e. The maximum atomic E-state index is 5.86. The van der Waals surface area contributed by atoms with E-state index in [-0.39, 0.29) is 0 Å². The lowest BCUT2D eigenvalue weighted by atomic mass is 9.97. The molecule has 0 radical (unpaired) electrons. The number of ether oxygens (including phenoxy) is 1. The van der Waals surface area contributed by atoms with Gasteiger partial charge in [-0.1, -0.05) is 18.2 Å². The van der Waals surface area contributed by atoms with Gasteiger partial charge >= 0.3 is 0 Å². The summed E-state index contributed by atoms with van der Waals surface area (Å²) in [5.41, 5.74) is 2.43. The fraction of sp³-hybridized carbons (Fsp3) is 0.182. The van der Waals surface area contributed by atoms with Crippen LogP contribution in [0.5, 0.6) is 11.5 Å². The number of thiophene rings is 1. The second kappa shape index (κ2) is 7.00. The number of nitrogens with zero attached hydrogens (tertiary/aromatic N) is 2. The molecule has 0 amide bonds. The topological polar surface area (TPSA) is 47.0 Å². The Hall–Kier alpha value is -2.92. The normalized spacial score (nSPS) is 13.3. The van der Waals surface area contributed by atoms with E-state index in [9.17, 15) is 0 Å². The Morgan fingerprint density at radius 3 is 2.48 bits per heavy atom. The van der Waals surface area contributed by atoms with Crippen LogP contribution in [0.3, 0.4) is 0 Å². The highest BCUT2D eigenvalue weighted by molar-refractivity contribution is 7.19. The lowest BCUT2D eigenvalue weighted by Crippen LogP contribution is -2.01. The minimum atomic E-state index is 0.812. The zero-order valence-electron chi connectivity index (χ0n) is 14.8. The van der Waals surface area contributed by atoms with Crippen LogP contribution in [-0.2, 0) is 12.8 Å². The van der Waals surface area contributed by atoms with E-state index in [4.69, 9.17) is 4.74 Å². The molecule has 0 bridgehead atoms. The first kappa shape index (κ1) is 16.3. The predicted molar refractivity (Wildman–Crippen MR) is 110 cm³/mol. The molecule has 134 valence electrons. The highest BCUT2D eigenvalue weighted by Crippen LogP contribution is 2.39. The molecule has 1 N–H and O–H groups in total. The van der Waals surface area contributed by atoms with Gasteiger partial charge in [0.05, 0.1) is 5.39 Å². The molecule has 4 nitrogen and oxygen atoms in total. The molecule has 27 heavy (non-hydrogen) atoms. The number of anilines is 2. The second-order valence-electron chi connectivity index (χ2n) is 6.68. The van der Waals surface area contributed by atoms with Gasteiger partial charge in [0.2, 0.25) is 0 Å². The number of para-hydroxylation sites is 1. The van der Waals surface area contributed by atoms with Crippen LogP contribution < -0.4 is 10.1 Å². The van der Waals surface area contributed by atoms with E-state index in [2.05, 4.69) is 15.3 Å². The molecule has 2 aromatic heterocycles. The van der Waals surface area contributed by atoms with Crippen molar-refractivity contribution in [1.29, 1.82) is 0 Å². The summed E-state index contributed by atoms with van der Waals surface area (Å²) in [6.45, 7) is 0. The van der Waals surface area contributed by atoms with Crippen molar-refractivity contribution in [2.75, 3.05) is 5.32 Å². The van der Waals surface area contributed by atoms with Crippen LogP contribution in [0.1, 0.15) is 23.3 Å². The summed E-state index contributed by atoms with van der Waals surface area (Å²) in [6.07, 6.45) is 6.47. The third kappa shape index (κ3) is 3.26. The zero-order chi connectivity index (χ0) is 18.1. The van der Waals surface area contributed by atoms with E-state index < -0.39 is 0 Å². The Balaban J connectivity index is 1.41. The van der Waals surface area contributed by atoms with Crippen LogP contribution in [-0.4, -0.2) is 9.97 Å². The van der Waals surface area contributed by atoms with E-state index in [1.807, 2.05) is 65.9 Å². The molecule has 0 saturated heterocycles. The summed E-state index contributed by atoms with van der Waals surface area (Å²) in [4.78, 5) is 11.6. The van der Waals surface area contributed by atoms with Crippen LogP contribution in [0.4, 0.5) is 11.5 Å². The van der Waals surface area contributed by atoms with E-state index in [1.54, 1.807) is 6.33 Å². The van der Waals surface area contributed by atoms with Crippen molar-refractivity contribution in [2.45, 2.75) is 25.7 Å². The summed E-state index contributed by atoms with van der Waals surface area (Å²) in [6, 6.07) is 17.8. The van der Waals surface area contributed by atoms with Gasteiger partial charge < -0.3 is 10.1 Å². The summed E-state index contributed by atoms with van der Waals surface area (Å²) < 4.78 is 5.86. The Morgan fingerprint density at radius 2 is 1.63 bits per heavy atom. The van der Waals surface area contributed by atoms with Gasteiger partial charge in [-0.25, -0.2) is 9.97 Å². The van der Waals surface area contributed by atoms with Crippen molar-refractivity contribution in [3.05, 3.63) is 71.4 Å². The number of nitrogens with one attached hydrogen (secondary N) is 1. The fourth-order valence-corrected chi connectivity index (χ4v) is 4.78. The molecule has 1 aliphatic carbocycles. The molecule has 0 unspecified atom stereocenters. The molecule has 5 rings (SSSR count). The van der Waals surface area contributed by atoms with Gasteiger partial charge in [-0.05, 0) is 67.6 Å². The molecule has 0 atom stereocenters. The first-order valence-corrected chi connectivity index (χ1v) is 10.0. The molecule has 0 saturated carbocycles. The van der Waals surface area contributed by atoms with Gasteiger partial charge in [-0.3, -0.25) is 0 Å². The number of rotatable bonds is 4. The van der Waals surface area contributed by atoms with Crippen LogP contribution >= 0.6 is 11.3 Å². The molecule has 1 aliphatic rings. The zero-order valence-corrected chi connectivity index (χ0v) is 15.6. The van der Waals surface area contributed by atoms with Gasteiger partial charge in [-0.2, -0.15) is 0 Å². The van der Waals surface area contributed by atoms with Crippen molar-refractivity contribution in [2.24, 2.45) is 0 Å². The van der Waals surface area contributed by atoms with E-state index >= 15 is 0 Å². The Morgan fingerprint density at radius 1 is 0.852 bits per heavy atom. The number of hydrogen-bond acceptors (Lipinski definition) is 5. The van der Waals surface area contributed by atoms with E-state index in [0.29, 0.717) is 0 Å². The van der Waals surface area contributed by atoms with Crippen molar-refractivity contribution in [3.8, 4) is 11.5 Å². The molecule has 0 aliphatic heterocycles. The van der Waals surface area contributed by atoms with Crippen molar-refractivity contribution in [1.82, 2.24) is 9.97 Å². The van der Waals surface area contributed by atoms with E-state index in [0.717, 1.165) is 34.3 Å². The van der Waals surface area contributed by atoms with Crippen LogP contribution in [0, 0.1) is 0 Å². The van der Waals surface area contributed by atoms with Crippen LogP contribution in [0.25, 0.3) is 10.2 Å². The summed E-state index contributed by atoms with van der Waals surface area (Å²) in [5.74, 6) is 2.55. The standard InChI is InChI=1S/C22H19N3OS/c1-2-6-16(7-3-1)26-17-12-10-15(11-13-17)25-21-20-18-8-4-5-9-19(18)27-22(20)24-14-23-21/h1-3,6-7,10-14H,4-5,8-9H2,(H,23,24,25). The van der Waals surface area contributed by atoms with Crippen molar-refractivity contribution < 1.29 is 4.74 Å². The highest BCUT2D eigenvalue weighted by atomic mass is 32.1. The maximum absolute atomic E-state index is 5.86. The summed E-state index contributed by atoms with van der Waals surface area (Å²) in [7, 11) is 0. The Labute approximate surface area is 161 Å². The van der Waals surface area contributed by atoms with Gasteiger partial charge in [0.25, 0.3) is 0 Å². The fourth-order valence-electron chi connectivity index (χ4n) is 3.55. The molecule has 4 aromatic rings. The minimum absolute atomic E-state index is 0.812. The highest BCUT2D eigenvalue weighted by Gasteiger charge is 2.19. The van der Waals surface area contributed by atoms with Gasteiger partial charge in [-0.15, -0.1) is 11.3 Å². The largest absolute Gasteiger partial charge is 0.457 e.